The minimum atomic E-state index is -0.233. The molecule has 0 saturated carbocycles. The monoisotopic (exact) mass is 423 g/mol. The van der Waals surface area contributed by atoms with E-state index >= 15 is 0 Å². The number of hydrogen-bond acceptors (Lipinski definition) is 4. The molecule has 3 aromatic rings. The Balaban J connectivity index is 1.50. The molecule has 0 atom stereocenters. The zero-order chi connectivity index (χ0) is 18.9. The fraction of sp³-hybridized carbons (Fsp3) is 0.0476. The third kappa shape index (κ3) is 6.27. The fourth-order valence-electron chi connectivity index (χ4n) is 2.28. The van der Waals surface area contributed by atoms with Gasteiger partial charge in [0.1, 0.15) is 11.5 Å². The van der Waals surface area contributed by atoms with Gasteiger partial charge in [-0.3, -0.25) is 4.79 Å². The highest BCUT2D eigenvalue weighted by Crippen LogP contribution is 2.21. The SMILES string of the molecule is O=C(CNc1cccc(Br)c1)NN=Cc1cccc(Oc2ccccc2)c1. The van der Waals surface area contributed by atoms with Crippen LogP contribution in [0.5, 0.6) is 11.5 Å². The van der Waals surface area contributed by atoms with E-state index in [-0.39, 0.29) is 12.5 Å². The summed E-state index contributed by atoms with van der Waals surface area (Å²) in [6.45, 7) is 0.130. The first-order valence-corrected chi connectivity index (χ1v) is 9.13. The molecular weight excluding hydrogens is 406 g/mol. The molecule has 0 unspecified atom stereocenters. The zero-order valence-corrected chi connectivity index (χ0v) is 16.0. The fourth-order valence-corrected chi connectivity index (χ4v) is 2.68. The summed E-state index contributed by atoms with van der Waals surface area (Å²) < 4.78 is 6.73. The van der Waals surface area contributed by atoms with E-state index in [9.17, 15) is 4.79 Å². The Hall–Kier alpha value is -3.12. The van der Waals surface area contributed by atoms with Gasteiger partial charge in [-0.2, -0.15) is 5.10 Å². The van der Waals surface area contributed by atoms with Crippen LogP contribution in [0.1, 0.15) is 5.56 Å². The van der Waals surface area contributed by atoms with Crippen molar-refractivity contribution in [3.05, 3.63) is 88.9 Å². The average molecular weight is 424 g/mol. The second kappa shape index (κ2) is 9.54. The van der Waals surface area contributed by atoms with Crippen molar-refractivity contribution in [3.63, 3.8) is 0 Å². The Labute approximate surface area is 166 Å². The molecule has 0 saturated heterocycles. The van der Waals surface area contributed by atoms with Crippen LogP contribution in [-0.4, -0.2) is 18.7 Å². The van der Waals surface area contributed by atoms with E-state index in [1.165, 1.54) is 0 Å². The molecule has 0 aromatic heterocycles. The maximum atomic E-state index is 11.9. The van der Waals surface area contributed by atoms with Gasteiger partial charge in [0.15, 0.2) is 0 Å². The number of carbonyl (C=O) groups is 1. The molecule has 0 aliphatic carbocycles. The second-order valence-electron chi connectivity index (χ2n) is 5.64. The Kier molecular flexibility index (Phi) is 6.60. The van der Waals surface area contributed by atoms with Crippen molar-refractivity contribution in [1.82, 2.24) is 5.43 Å². The molecule has 1 amide bonds. The number of carbonyl (C=O) groups excluding carboxylic acids is 1. The summed E-state index contributed by atoms with van der Waals surface area (Å²) in [6.07, 6.45) is 1.58. The molecular formula is C21H18BrN3O2. The molecule has 0 radical (unpaired) electrons. The van der Waals surface area contributed by atoms with Gasteiger partial charge in [-0.05, 0) is 48.0 Å². The van der Waals surface area contributed by atoms with E-state index in [0.29, 0.717) is 5.75 Å². The highest BCUT2D eigenvalue weighted by atomic mass is 79.9. The van der Waals surface area contributed by atoms with Crippen molar-refractivity contribution in [2.24, 2.45) is 5.10 Å². The molecule has 3 aromatic carbocycles. The third-order valence-electron chi connectivity index (χ3n) is 3.52. The lowest BCUT2D eigenvalue weighted by molar-refractivity contribution is -0.119. The predicted molar refractivity (Wildman–Crippen MR) is 111 cm³/mol. The van der Waals surface area contributed by atoms with Crippen LogP contribution >= 0.6 is 15.9 Å². The van der Waals surface area contributed by atoms with Crippen molar-refractivity contribution in [3.8, 4) is 11.5 Å². The third-order valence-corrected chi connectivity index (χ3v) is 4.01. The van der Waals surface area contributed by atoms with Gasteiger partial charge < -0.3 is 10.1 Å². The van der Waals surface area contributed by atoms with Gasteiger partial charge in [0.2, 0.25) is 0 Å². The quantitative estimate of drug-likeness (QED) is 0.423. The Bertz CT molecular complexity index is 929. The normalized spacial score (nSPS) is 10.6. The number of nitrogens with one attached hydrogen (secondary N) is 2. The summed E-state index contributed by atoms with van der Waals surface area (Å²) >= 11 is 3.39. The van der Waals surface area contributed by atoms with Crippen LogP contribution < -0.4 is 15.5 Å². The summed E-state index contributed by atoms with van der Waals surface area (Å²) in [6, 6.07) is 24.6. The molecule has 27 heavy (non-hydrogen) atoms. The second-order valence-corrected chi connectivity index (χ2v) is 6.56. The molecule has 0 aliphatic heterocycles. The van der Waals surface area contributed by atoms with Crippen LogP contribution in [0.25, 0.3) is 0 Å². The van der Waals surface area contributed by atoms with Crippen molar-refractivity contribution in [2.45, 2.75) is 0 Å². The summed E-state index contributed by atoms with van der Waals surface area (Å²) in [7, 11) is 0. The van der Waals surface area contributed by atoms with Gasteiger partial charge in [-0.15, -0.1) is 0 Å². The number of anilines is 1. The van der Waals surface area contributed by atoms with Gasteiger partial charge >= 0.3 is 0 Å². The van der Waals surface area contributed by atoms with Gasteiger partial charge in [-0.1, -0.05) is 52.3 Å². The lowest BCUT2D eigenvalue weighted by Crippen LogP contribution is -2.25. The summed E-state index contributed by atoms with van der Waals surface area (Å²) in [5.41, 5.74) is 4.18. The summed E-state index contributed by atoms with van der Waals surface area (Å²) in [5.74, 6) is 1.23. The zero-order valence-electron chi connectivity index (χ0n) is 14.4. The van der Waals surface area contributed by atoms with Gasteiger partial charge in [0.05, 0.1) is 12.8 Å². The Morgan fingerprint density at radius 3 is 2.56 bits per heavy atom. The van der Waals surface area contributed by atoms with Gasteiger partial charge in [-0.25, -0.2) is 5.43 Å². The smallest absolute Gasteiger partial charge is 0.259 e. The molecule has 0 aliphatic rings. The van der Waals surface area contributed by atoms with Crippen molar-refractivity contribution >= 4 is 33.7 Å². The number of para-hydroxylation sites is 1. The van der Waals surface area contributed by atoms with Crippen LogP contribution in [0.2, 0.25) is 0 Å². The van der Waals surface area contributed by atoms with E-state index in [1.807, 2.05) is 78.9 Å². The first-order valence-electron chi connectivity index (χ1n) is 8.33. The van der Waals surface area contributed by atoms with E-state index < -0.39 is 0 Å². The largest absolute Gasteiger partial charge is 0.457 e. The summed E-state index contributed by atoms with van der Waals surface area (Å²) in [5, 5.41) is 7.02. The number of amides is 1. The first kappa shape index (κ1) is 18.7. The highest BCUT2D eigenvalue weighted by molar-refractivity contribution is 9.10. The molecule has 136 valence electrons. The summed E-state index contributed by atoms with van der Waals surface area (Å²) in [4.78, 5) is 11.9. The maximum absolute atomic E-state index is 11.9. The van der Waals surface area contributed by atoms with Crippen molar-refractivity contribution < 1.29 is 9.53 Å². The number of rotatable bonds is 7. The number of hydrazone groups is 1. The lowest BCUT2D eigenvalue weighted by atomic mass is 10.2. The van der Waals surface area contributed by atoms with Crippen LogP contribution in [-0.2, 0) is 4.79 Å². The Morgan fingerprint density at radius 2 is 1.74 bits per heavy atom. The van der Waals surface area contributed by atoms with Gasteiger partial charge in [0, 0.05) is 10.2 Å². The predicted octanol–water partition coefficient (Wildman–Crippen LogP) is 4.80. The standard InChI is InChI=1S/C21H18BrN3O2/c22-17-7-5-8-18(13-17)23-15-21(26)25-24-14-16-6-4-11-20(12-16)27-19-9-2-1-3-10-19/h1-14,23H,15H2,(H,25,26). The number of benzene rings is 3. The minimum absolute atomic E-state index is 0.130. The average Bonchev–Trinajstić information content (AvgIpc) is 2.68. The van der Waals surface area contributed by atoms with Crippen molar-refractivity contribution in [1.29, 1.82) is 0 Å². The minimum Gasteiger partial charge on any atom is -0.457 e. The Morgan fingerprint density at radius 1 is 0.963 bits per heavy atom. The first-order chi connectivity index (χ1) is 13.2. The molecule has 0 bridgehead atoms. The highest BCUT2D eigenvalue weighted by Gasteiger charge is 2.01. The number of halogens is 1. The topological polar surface area (TPSA) is 62.7 Å². The maximum Gasteiger partial charge on any atom is 0.259 e. The molecule has 0 spiro atoms. The van der Waals surface area contributed by atoms with E-state index in [1.54, 1.807) is 6.21 Å². The van der Waals surface area contributed by atoms with Crippen molar-refractivity contribution in [2.75, 3.05) is 11.9 Å². The van der Waals surface area contributed by atoms with Crippen LogP contribution in [0, 0.1) is 0 Å². The van der Waals surface area contributed by atoms with E-state index in [2.05, 4.69) is 31.8 Å². The molecule has 3 rings (SSSR count). The molecule has 2 N–H and O–H groups in total. The van der Waals surface area contributed by atoms with Crippen LogP contribution in [0.15, 0.2) is 88.4 Å². The van der Waals surface area contributed by atoms with Crippen LogP contribution in [0.3, 0.4) is 0 Å². The van der Waals surface area contributed by atoms with Gasteiger partial charge in [0.25, 0.3) is 5.91 Å². The van der Waals surface area contributed by atoms with Crippen LogP contribution in [0.4, 0.5) is 5.69 Å². The molecule has 5 nitrogen and oxygen atoms in total. The number of nitrogens with zero attached hydrogens (tertiary/aromatic N) is 1. The molecule has 6 heteroatoms. The lowest BCUT2D eigenvalue weighted by Gasteiger charge is -2.06. The molecule has 0 fully saturated rings. The number of hydrogen-bond donors (Lipinski definition) is 2. The molecule has 0 heterocycles. The van der Waals surface area contributed by atoms with E-state index in [0.717, 1.165) is 21.5 Å². The van der Waals surface area contributed by atoms with E-state index in [4.69, 9.17) is 4.74 Å². The number of ether oxygens (including phenoxy) is 1.